The predicted molar refractivity (Wildman–Crippen MR) is 142 cm³/mol. The number of aromatic amines is 1. The molecule has 0 radical (unpaired) electrons. The molecule has 1 saturated carbocycles. The lowest BCUT2D eigenvalue weighted by Crippen LogP contribution is -2.48. The van der Waals surface area contributed by atoms with E-state index >= 15 is 0 Å². The van der Waals surface area contributed by atoms with Gasteiger partial charge in [0.15, 0.2) is 5.82 Å². The number of pyridine rings is 1. The van der Waals surface area contributed by atoms with Gasteiger partial charge >= 0.3 is 0 Å². The van der Waals surface area contributed by atoms with Gasteiger partial charge in [0.25, 0.3) is 5.56 Å². The van der Waals surface area contributed by atoms with E-state index in [2.05, 4.69) is 60.6 Å². The average Bonchev–Trinajstić information content (AvgIpc) is 3.63. The molecule has 1 saturated heterocycles. The van der Waals surface area contributed by atoms with Crippen LogP contribution in [0.25, 0.3) is 10.9 Å². The first-order valence-electron chi connectivity index (χ1n) is 13.2. The van der Waals surface area contributed by atoms with Gasteiger partial charge in [-0.15, -0.1) is 5.10 Å². The Morgan fingerprint density at radius 2 is 1.81 bits per heavy atom. The van der Waals surface area contributed by atoms with E-state index in [0.29, 0.717) is 11.3 Å². The van der Waals surface area contributed by atoms with Crippen molar-refractivity contribution in [2.24, 2.45) is 0 Å². The van der Waals surface area contributed by atoms with Crippen LogP contribution in [0.3, 0.4) is 0 Å². The molecule has 1 atom stereocenters. The highest BCUT2D eigenvalue weighted by molar-refractivity contribution is 5.80. The van der Waals surface area contributed by atoms with Crippen LogP contribution in [0.5, 0.6) is 5.75 Å². The number of benzene rings is 2. The van der Waals surface area contributed by atoms with E-state index in [1.54, 1.807) is 7.11 Å². The molecule has 2 aromatic heterocycles. The lowest BCUT2D eigenvalue weighted by molar-refractivity contribution is 0.0989. The second-order valence-electron chi connectivity index (χ2n) is 10.1. The van der Waals surface area contributed by atoms with Crippen LogP contribution < -0.4 is 10.3 Å². The van der Waals surface area contributed by atoms with Crippen LogP contribution in [0, 0.1) is 0 Å². The van der Waals surface area contributed by atoms with Gasteiger partial charge in [-0.05, 0) is 52.4 Å². The second-order valence-corrected chi connectivity index (χ2v) is 10.1. The van der Waals surface area contributed by atoms with Crippen LogP contribution in [0.1, 0.15) is 54.7 Å². The van der Waals surface area contributed by atoms with Crippen molar-refractivity contribution in [1.29, 1.82) is 0 Å². The Kier molecular flexibility index (Phi) is 6.72. The Balaban J connectivity index is 1.34. The van der Waals surface area contributed by atoms with Crippen molar-refractivity contribution in [1.82, 2.24) is 35.0 Å². The van der Waals surface area contributed by atoms with Crippen LogP contribution >= 0.6 is 0 Å². The zero-order chi connectivity index (χ0) is 25.2. The van der Waals surface area contributed by atoms with Crippen molar-refractivity contribution >= 4 is 10.9 Å². The van der Waals surface area contributed by atoms with Crippen molar-refractivity contribution in [3.8, 4) is 5.75 Å². The normalized spacial score (nSPS) is 18.4. The fourth-order valence-electron chi connectivity index (χ4n) is 5.84. The molecule has 9 nitrogen and oxygen atoms in total. The number of hydrogen-bond donors (Lipinski definition) is 1. The highest BCUT2D eigenvalue weighted by atomic mass is 16.5. The van der Waals surface area contributed by atoms with Crippen molar-refractivity contribution in [3.05, 3.63) is 81.9 Å². The quantitative estimate of drug-likeness (QED) is 0.416. The highest BCUT2D eigenvalue weighted by Gasteiger charge is 2.34. The number of methoxy groups -OCH3 is 1. The third kappa shape index (κ3) is 4.89. The Bertz CT molecular complexity index is 1400. The number of nitrogens with zero attached hydrogens (tertiary/aromatic N) is 6. The smallest absolute Gasteiger partial charge is 0.253 e. The van der Waals surface area contributed by atoms with E-state index in [1.165, 1.54) is 18.4 Å². The summed E-state index contributed by atoms with van der Waals surface area (Å²) in [7, 11) is 1.63. The minimum Gasteiger partial charge on any atom is -0.497 e. The van der Waals surface area contributed by atoms with Crippen LogP contribution in [-0.2, 0) is 6.54 Å². The van der Waals surface area contributed by atoms with Gasteiger partial charge in [0.05, 0.1) is 18.7 Å². The number of fused-ring (bicyclic) bond motifs is 1. The van der Waals surface area contributed by atoms with Gasteiger partial charge in [0.1, 0.15) is 11.8 Å². The predicted octanol–water partition coefficient (Wildman–Crippen LogP) is 3.55. The highest BCUT2D eigenvalue weighted by Crippen LogP contribution is 2.34. The minimum atomic E-state index is -0.315. The van der Waals surface area contributed by atoms with E-state index in [4.69, 9.17) is 4.74 Å². The van der Waals surface area contributed by atoms with Gasteiger partial charge in [-0.1, -0.05) is 43.2 Å². The number of hydrogen-bond acceptors (Lipinski definition) is 7. The SMILES string of the molecule is COc1ccc2cc(C(c3nnnn3C3CCCC3)N3CCN(Cc4ccccc4)CC3)c(=O)[nH]c2c1. The Labute approximate surface area is 216 Å². The fraction of sp³-hybridized carbons (Fsp3) is 0.429. The summed E-state index contributed by atoms with van der Waals surface area (Å²) in [6.07, 6.45) is 4.52. The van der Waals surface area contributed by atoms with Gasteiger partial charge in [0, 0.05) is 44.4 Å². The molecule has 3 heterocycles. The van der Waals surface area contributed by atoms with Gasteiger partial charge in [0.2, 0.25) is 0 Å². The van der Waals surface area contributed by atoms with Gasteiger partial charge in [-0.25, -0.2) is 4.68 Å². The number of piperazine rings is 1. The summed E-state index contributed by atoms with van der Waals surface area (Å²) in [5, 5.41) is 14.0. The molecule has 37 heavy (non-hydrogen) atoms. The van der Waals surface area contributed by atoms with E-state index in [-0.39, 0.29) is 17.6 Å². The average molecular weight is 500 g/mol. The maximum atomic E-state index is 13.5. The minimum absolute atomic E-state index is 0.113. The van der Waals surface area contributed by atoms with E-state index in [0.717, 1.165) is 62.3 Å². The number of nitrogens with one attached hydrogen (secondary N) is 1. The Morgan fingerprint density at radius 1 is 1.03 bits per heavy atom. The molecular formula is C28H33N7O2. The Morgan fingerprint density at radius 3 is 2.57 bits per heavy atom. The van der Waals surface area contributed by atoms with Gasteiger partial charge in [-0.2, -0.15) is 0 Å². The maximum absolute atomic E-state index is 13.5. The molecule has 2 aromatic carbocycles. The van der Waals surface area contributed by atoms with E-state index < -0.39 is 0 Å². The third-order valence-corrected chi connectivity index (χ3v) is 7.83. The maximum Gasteiger partial charge on any atom is 0.253 e. The van der Waals surface area contributed by atoms with Crippen molar-refractivity contribution in [2.75, 3.05) is 33.3 Å². The molecule has 6 rings (SSSR count). The van der Waals surface area contributed by atoms with Crippen molar-refractivity contribution < 1.29 is 4.74 Å². The van der Waals surface area contributed by atoms with Crippen LogP contribution in [0.4, 0.5) is 0 Å². The summed E-state index contributed by atoms with van der Waals surface area (Å²) in [6, 6.07) is 18.3. The molecule has 1 aliphatic heterocycles. The number of rotatable bonds is 7. The molecule has 2 fully saturated rings. The molecule has 4 aromatic rings. The molecular weight excluding hydrogens is 466 g/mol. The Hall–Kier alpha value is -3.56. The second kappa shape index (κ2) is 10.4. The molecule has 0 spiro atoms. The molecule has 0 bridgehead atoms. The topological polar surface area (TPSA) is 92.2 Å². The lowest BCUT2D eigenvalue weighted by Gasteiger charge is -2.39. The van der Waals surface area contributed by atoms with Crippen LogP contribution in [0.15, 0.2) is 59.4 Å². The van der Waals surface area contributed by atoms with Crippen molar-refractivity contribution in [2.45, 2.75) is 44.3 Å². The van der Waals surface area contributed by atoms with E-state index in [9.17, 15) is 4.79 Å². The molecule has 9 heteroatoms. The van der Waals surface area contributed by atoms with Crippen LogP contribution in [0.2, 0.25) is 0 Å². The summed E-state index contributed by atoms with van der Waals surface area (Å²) in [6.45, 7) is 4.42. The molecule has 1 N–H and O–H groups in total. The summed E-state index contributed by atoms with van der Waals surface area (Å²) >= 11 is 0. The number of tetrazole rings is 1. The first-order chi connectivity index (χ1) is 18.2. The standard InChI is InChI=1S/C28H33N7O2/c1-37-23-12-11-21-17-24(28(36)29-25(21)18-23)26(27-30-31-32-35(27)22-9-5-6-10-22)34-15-13-33(14-16-34)19-20-7-3-2-4-8-20/h2-4,7-8,11-12,17-18,22,26H,5-6,9-10,13-16,19H2,1H3,(H,29,36). The fourth-order valence-corrected chi connectivity index (χ4v) is 5.84. The first kappa shape index (κ1) is 23.8. The number of ether oxygens (including phenoxy) is 1. The molecule has 192 valence electrons. The number of H-pyrrole nitrogens is 1. The largest absolute Gasteiger partial charge is 0.497 e. The lowest BCUT2D eigenvalue weighted by atomic mass is 10.0. The summed E-state index contributed by atoms with van der Waals surface area (Å²) in [4.78, 5) is 21.5. The summed E-state index contributed by atoms with van der Waals surface area (Å²) in [5.41, 5.74) is 2.65. The number of aromatic nitrogens is 5. The monoisotopic (exact) mass is 499 g/mol. The zero-order valence-electron chi connectivity index (χ0n) is 21.2. The molecule has 0 amide bonds. The molecule has 1 aliphatic carbocycles. The zero-order valence-corrected chi connectivity index (χ0v) is 21.2. The van der Waals surface area contributed by atoms with Crippen molar-refractivity contribution in [3.63, 3.8) is 0 Å². The van der Waals surface area contributed by atoms with Crippen LogP contribution in [-0.4, -0.2) is 68.3 Å². The molecule has 2 aliphatic rings. The first-order valence-corrected chi connectivity index (χ1v) is 13.2. The third-order valence-electron chi connectivity index (χ3n) is 7.83. The summed E-state index contributed by atoms with van der Waals surface area (Å²) in [5.74, 6) is 1.48. The van der Waals surface area contributed by atoms with E-state index in [1.807, 2.05) is 28.9 Å². The summed E-state index contributed by atoms with van der Waals surface area (Å²) < 4.78 is 7.35. The van der Waals surface area contributed by atoms with Gasteiger partial charge in [-0.3, -0.25) is 14.6 Å². The van der Waals surface area contributed by atoms with Gasteiger partial charge < -0.3 is 9.72 Å². The molecule has 1 unspecified atom stereocenters.